The van der Waals surface area contributed by atoms with Crippen LogP contribution in [0, 0.1) is 6.92 Å². The van der Waals surface area contributed by atoms with E-state index in [1.807, 2.05) is 6.20 Å². The molecule has 1 unspecified atom stereocenters. The summed E-state index contributed by atoms with van der Waals surface area (Å²) >= 11 is 0. The number of aryl methyl sites for hydroxylation is 1. The molecule has 0 saturated carbocycles. The Kier molecular flexibility index (Phi) is 7.28. The number of aromatic nitrogens is 2. The highest BCUT2D eigenvalue weighted by molar-refractivity contribution is 5.85. The van der Waals surface area contributed by atoms with Gasteiger partial charge in [0.15, 0.2) is 0 Å². The van der Waals surface area contributed by atoms with Gasteiger partial charge in [-0.2, -0.15) is 5.10 Å². The van der Waals surface area contributed by atoms with Crippen LogP contribution in [0.3, 0.4) is 0 Å². The number of nitrogens with zero attached hydrogens (tertiary/aromatic N) is 2. The summed E-state index contributed by atoms with van der Waals surface area (Å²) in [6.07, 6.45) is 5.96. The molecular weight excluding hydrogens is 320 g/mol. The molecule has 1 aromatic carbocycles. The molecule has 0 radical (unpaired) electrons. The largest absolute Gasteiger partial charge is 0.308 e. The number of hydrogen-bond acceptors (Lipinski definition) is 3. The van der Waals surface area contributed by atoms with Gasteiger partial charge in [0, 0.05) is 36.9 Å². The highest BCUT2D eigenvalue weighted by atomic mass is 35.5. The van der Waals surface area contributed by atoms with Gasteiger partial charge in [-0.15, -0.1) is 12.4 Å². The van der Waals surface area contributed by atoms with Crippen LogP contribution < -0.4 is 5.32 Å². The molecule has 1 aliphatic rings. The second-order valence-corrected chi connectivity index (χ2v) is 6.71. The van der Waals surface area contributed by atoms with Crippen LogP contribution in [0.15, 0.2) is 30.5 Å². The van der Waals surface area contributed by atoms with E-state index in [0.717, 1.165) is 25.3 Å². The molecule has 1 fully saturated rings. The lowest BCUT2D eigenvalue weighted by Crippen LogP contribution is -2.37. The van der Waals surface area contributed by atoms with E-state index in [1.54, 1.807) is 0 Å². The second kappa shape index (κ2) is 9.21. The fourth-order valence-electron chi connectivity index (χ4n) is 3.38. The Hall–Kier alpha value is -1.36. The Balaban J connectivity index is 0.00000208. The van der Waals surface area contributed by atoms with Crippen molar-refractivity contribution in [1.82, 2.24) is 20.4 Å². The first kappa shape index (κ1) is 19.0. The van der Waals surface area contributed by atoms with E-state index in [-0.39, 0.29) is 12.4 Å². The molecule has 1 aliphatic heterocycles. The minimum Gasteiger partial charge on any atom is -0.308 e. The molecule has 2 N–H and O–H groups in total. The van der Waals surface area contributed by atoms with Crippen LogP contribution >= 0.6 is 12.4 Å². The molecule has 132 valence electrons. The van der Waals surface area contributed by atoms with Crippen molar-refractivity contribution in [2.75, 3.05) is 6.54 Å². The summed E-state index contributed by atoms with van der Waals surface area (Å²) in [4.78, 5) is 2.63. The first-order valence-electron chi connectivity index (χ1n) is 8.74. The summed E-state index contributed by atoms with van der Waals surface area (Å²) in [6, 6.07) is 9.54. The average Bonchev–Trinajstić information content (AvgIpc) is 2.96. The summed E-state index contributed by atoms with van der Waals surface area (Å²) in [5.74, 6) is 0. The van der Waals surface area contributed by atoms with Gasteiger partial charge in [-0.1, -0.05) is 30.7 Å². The zero-order valence-corrected chi connectivity index (χ0v) is 15.5. The van der Waals surface area contributed by atoms with Crippen LogP contribution in [0.5, 0.6) is 0 Å². The van der Waals surface area contributed by atoms with Crippen LogP contribution in [0.25, 0.3) is 0 Å². The van der Waals surface area contributed by atoms with Crippen LogP contribution in [0.4, 0.5) is 0 Å². The molecule has 1 atom stereocenters. The predicted octanol–water partition coefficient (Wildman–Crippen LogP) is 3.80. The molecule has 0 bridgehead atoms. The average molecular weight is 349 g/mol. The standard InChI is InChI=1S/C19H28N4.ClH/c1-15-7-5-6-10-23(15)14-18-9-4-3-8-17(18)11-20-12-19-13-21-22-16(19)2;/h3-4,8-9,13,15,20H,5-7,10-12,14H2,1-2H3,(H,21,22);1H. The highest BCUT2D eigenvalue weighted by Crippen LogP contribution is 2.20. The maximum atomic E-state index is 4.08. The molecule has 2 aromatic rings. The zero-order valence-electron chi connectivity index (χ0n) is 14.7. The van der Waals surface area contributed by atoms with Gasteiger partial charge >= 0.3 is 0 Å². The second-order valence-electron chi connectivity index (χ2n) is 6.71. The molecule has 3 rings (SSSR count). The van der Waals surface area contributed by atoms with Crippen molar-refractivity contribution in [3.63, 3.8) is 0 Å². The Morgan fingerprint density at radius 2 is 1.92 bits per heavy atom. The van der Waals surface area contributed by atoms with Crippen LogP contribution in [-0.2, 0) is 19.6 Å². The zero-order chi connectivity index (χ0) is 16.1. The van der Waals surface area contributed by atoms with E-state index in [1.165, 1.54) is 42.5 Å². The number of rotatable bonds is 6. The summed E-state index contributed by atoms with van der Waals surface area (Å²) in [6.45, 7) is 8.50. The van der Waals surface area contributed by atoms with Crippen molar-refractivity contribution in [3.05, 3.63) is 52.8 Å². The van der Waals surface area contributed by atoms with Crippen molar-refractivity contribution in [2.45, 2.75) is 58.8 Å². The van der Waals surface area contributed by atoms with E-state index < -0.39 is 0 Å². The van der Waals surface area contributed by atoms with E-state index in [0.29, 0.717) is 6.04 Å². The van der Waals surface area contributed by atoms with Crippen molar-refractivity contribution in [2.24, 2.45) is 0 Å². The minimum atomic E-state index is 0. The van der Waals surface area contributed by atoms with Crippen molar-refractivity contribution < 1.29 is 0 Å². The smallest absolute Gasteiger partial charge is 0.0535 e. The quantitative estimate of drug-likeness (QED) is 0.834. The molecule has 2 heterocycles. The number of benzene rings is 1. The molecule has 1 aromatic heterocycles. The number of H-pyrrole nitrogens is 1. The number of hydrogen-bond donors (Lipinski definition) is 2. The first-order chi connectivity index (χ1) is 11.2. The van der Waals surface area contributed by atoms with Crippen molar-refractivity contribution >= 4 is 12.4 Å². The van der Waals surface area contributed by atoms with Gasteiger partial charge < -0.3 is 5.32 Å². The van der Waals surface area contributed by atoms with Crippen LogP contribution in [-0.4, -0.2) is 27.7 Å². The molecule has 0 aliphatic carbocycles. The molecule has 24 heavy (non-hydrogen) atoms. The number of aromatic amines is 1. The van der Waals surface area contributed by atoms with Gasteiger partial charge in [0.05, 0.1) is 6.20 Å². The summed E-state index contributed by atoms with van der Waals surface area (Å²) in [5.41, 5.74) is 5.25. The molecular formula is C19H29ClN4. The molecule has 1 saturated heterocycles. The Labute approximate surface area is 151 Å². The molecule has 0 spiro atoms. The van der Waals surface area contributed by atoms with Gasteiger partial charge in [-0.3, -0.25) is 10.00 Å². The monoisotopic (exact) mass is 348 g/mol. The van der Waals surface area contributed by atoms with Gasteiger partial charge in [-0.25, -0.2) is 0 Å². The summed E-state index contributed by atoms with van der Waals surface area (Å²) in [5, 5.41) is 10.6. The van der Waals surface area contributed by atoms with E-state index in [9.17, 15) is 0 Å². The molecule has 0 amide bonds. The van der Waals surface area contributed by atoms with Crippen LogP contribution in [0.1, 0.15) is 48.6 Å². The van der Waals surface area contributed by atoms with Crippen molar-refractivity contribution in [3.8, 4) is 0 Å². The molecule has 5 heteroatoms. The molecule has 4 nitrogen and oxygen atoms in total. The number of nitrogens with one attached hydrogen (secondary N) is 2. The third-order valence-corrected chi connectivity index (χ3v) is 5.00. The van der Waals surface area contributed by atoms with Gasteiger partial charge in [0.25, 0.3) is 0 Å². The minimum absolute atomic E-state index is 0. The fraction of sp³-hybridized carbons (Fsp3) is 0.526. The lowest BCUT2D eigenvalue weighted by atomic mass is 10.0. The number of halogens is 1. The van der Waals surface area contributed by atoms with E-state index >= 15 is 0 Å². The maximum absolute atomic E-state index is 4.08. The highest BCUT2D eigenvalue weighted by Gasteiger charge is 2.18. The number of likely N-dealkylation sites (tertiary alicyclic amines) is 1. The lowest BCUT2D eigenvalue weighted by molar-refractivity contribution is 0.152. The van der Waals surface area contributed by atoms with E-state index in [4.69, 9.17) is 0 Å². The van der Waals surface area contributed by atoms with Gasteiger partial charge in [0.2, 0.25) is 0 Å². The fourth-order valence-corrected chi connectivity index (χ4v) is 3.38. The lowest BCUT2D eigenvalue weighted by Gasteiger charge is -2.33. The van der Waals surface area contributed by atoms with Crippen molar-refractivity contribution in [1.29, 1.82) is 0 Å². The number of piperidine rings is 1. The predicted molar refractivity (Wildman–Crippen MR) is 101 cm³/mol. The SMILES string of the molecule is Cc1[nH]ncc1CNCc1ccccc1CN1CCCCC1C.Cl. The third kappa shape index (κ3) is 4.82. The first-order valence-corrected chi connectivity index (χ1v) is 8.74. The summed E-state index contributed by atoms with van der Waals surface area (Å²) in [7, 11) is 0. The maximum Gasteiger partial charge on any atom is 0.0535 e. The Bertz CT molecular complexity index is 625. The Morgan fingerprint density at radius 1 is 1.17 bits per heavy atom. The van der Waals surface area contributed by atoms with Crippen LogP contribution in [0.2, 0.25) is 0 Å². The van der Waals surface area contributed by atoms with Gasteiger partial charge in [0.1, 0.15) is 0 Å². The normalized spacial score (nSPS) is 18.3. The topological polar surface area (TPSA) is 44.0 Å². The van der Waals surface area contributed by atoms with Gasteiger partial charge in [-0.05, 0) is 44.4 Å². The summed E-state index contributed by atoms with van der Waals surface area (Å²) < 4.78 is 0. The van der Waals surface area contributed by atoms with E-state index in [2.05, 4.69) is 58.5 Å². The third-order valence-electron chi connectivity index (χ3n) is 5.00. The Morgan fingerprint density at radius 3 is 2.62 bits per heavy atom.